The van der Waals surface area contributed by atoms with Gasteiger partial charge < -0.3 is 19.8 Å². The van der Waals surface area contributed by atoms with Gasteiger partial charge in [0, 0.05) is 45.2 Å². The molecule has 2 aliphatic rings. The number of rotatable bonds is 4. The summed E-state index contributed by atoms with van der Waals surface area (Å²) in [5.74, 6) is -4.25. The van der Waals surface area contributed by atoms with Gasteiger partial charge in [-0.3, -0.25) is 19.2 Å². The normalized spacial score (nSPS) is 14.4. The third-order valence-corrected chi connectivity index (χ3v) is 6.93. The Balaban J connectivity index is 0.000000192. The average molecular weight is 626 g/mol. The minimum absolute atomic E-state index is 0. The van der Waals surface area contributed by atoms with Gasteiger partial charge in [0.25, 0.3) is 23.6 Å². The van der Waals surface area contributed by atoms with E-state index in [1.165, 1.54) is 36.4 Å². The first-order valence-electron chi connectivity index (χ1n) is 12.6. The van der Waals surface area contributed by atoms with E-state index in [0.717, 1.165) is 9.80 Å². The zero-order valence-corrected chi connectivity index (χ0v) is 25.9. The van der Waals surface area contributed by atoms with Gasteiger partial charge in [-0.1, -0.05) is 60.7 Å². The van der Waals surface area contributed by atoms with Gasteiger partial charge in [-0.25, -0.2) is 9.80 Å². The van der Waals surface area contributed by atoms with Gasteiger partial charge in [-0.2, -0.15) is 0 Å². The molecule has 0 saturated carbocycles. The second kappa shape index (κ2) is 11.9. The molecule has 0 radical (unpaired) electrons. The Morgan fingerprint density at radius 2 is 0.860 bits per heavy atom. The molecule has 0 N–H and O–H groups in total. The molecule has 0 bridgehead atoms. The Labute approximate surface area is 257 Å². The van der Waals surface area contributed by atoms with Crippen molar-refractivity contribution in [1.29, 1.82) is 0 Å². The van der Waals surface area contributed by atoms with Crippen molar-refractivity contribution in [2.24, 2.45) is 0 Å². The Bertz CT molecular complexity index is 1820. The molecule has 0 unspecified atom stereocenters. The molecule has 2 aliphatic heterocycles. The maximum Gasteiger partial charge on any atom is 2.00 e. The molecular weight excluding hydrogens is 606 g/mol. The summed E-state index contributed by atoms with van der Waals surface area (Å²) in [6.45, 7) is 3.13. The van der Waals surface area contributed by atoms with Crippen LogP contribution < -0.4 is 20.0 Å². The number of aromatic carboxylic acids is 2. The van der Waals surface area contributed by atoms with Crippen molar-refractivity contribution in [2.45, 2.75) is 13.8 Å². The fourth-order valence-electron chi connectivity index (χ4n) is 4.94. The number of benzene rings is 4. The van der Waals surface area contributed by atoms with E-state index in [-0.39, 0.29) is 30.6 Å². The first-order chi connectivity index (χ1) is 20.0. The molecule has 4 aromatic carbocycles. The van der Waals surface area contributed by atoms with Gasteiger partial charge in [-0.05, 0) is 36.8 Å². The Hall–Kier alpha value is -5.28. The number of carbonyl (C=O) groups is 6. The topological polar surface area (TPSA) is 155 Å². The molecule has 2 heterocycles. The van der Waals surface area contributed by atoms with Crippen molar-refractivity contribution in [1.82, 2.24) is 0 Å². The molecule has 0 fully saturated rings. The number of imide groups is 2. The summed E-state index contributed by atoms with van der Waals surface area (Å²) in [7, 11) is 0. The first kappa shape index (κ1) is 30.7. The second-order valence-corrected chi connectivity index (χ2v) is 9.54. The zero-order chi connectivity index (χ0) is 30.3. The summed E-state index contributed by atoms with van der Waals surface area (Å²) in [6.07, 6.45) is 2.54. The number of amides is 4. The number of carbonyl (C=O) groups excluding carboxylic acids is 6. The van der Waals surface area contributed by atoms with Gasteiger partial charge >= 0.3 is 19.5 Å². The van der Waals surface area contributed by atoms with Crippen molar-refractivity contribution >= 4 is 68.5 Å². The van der Waals surface area contributed by atoms with E-state index in [1.807, 2.05) is 0 Å². The van der Waals surface area contributed by atoms with Crippen LogP contribution >= 0.6 is 0 Å². The number of carboxylic acid groups (broad SMARTS) is 2. The number of anilines is 2. The quantitative estimate of drug-likeness (QED) is 0.247. The molecule has 6 rings (SSSR count). The number of hydrogen-bond acceptors (Lipinski definition) is 8. The van der Waals surface area contributed by atoms with E-state index in [9.17, 15) is 39.0 Å². The molecule has 43 heavy (non-hydrogen) atoms. The van der Waals surface area contributed by atoms with E-state index in [1.54, 1.807) is 62.4 Å². The van der Waals surface area contributed by atoms with E-state index < -0.39 is 35.6 Å². The van der Waals surface area contributed by atoms with Gasteiger partial charge in [0.2, 0.25) is 0 Å². The van der Waals surface area contributed by atoms with Crippen LogP contribution in [-0.2, 0) is 38.7 Å². The SMILES string of the molecule is CC1=CC(=O)N(c2ccc(C(=O)[O-])c3ccccc23)C1=O.CC1=CC(=O)N(c2ccc(C(=O)[O-])c3ccccc23)C1=O.[Zn+2]. The predicted octanol–water partition coefficient (Wildman–Crippen LogP) is 2.04. The molecule has 0 saturated heterocycles. The second-order valence-electron chi connectivity index (χ2n) is 9.54. The van der Waals surface area contributed by atoms with E-state index >= 15 is 0 Å². The molecule has 11 heteroatoms. The summed E-state index contributed by atoms with van der Waals surface area (Å²) in [4.78, 5) is 72.5. The van der Waals surface area contributed by atoms with Crippen LogP contribution in [-0.4, -0.2) is 35.6 Å². The molecule has 10 nitrogen and oxygen atoms in total. The van der Waals surface area contributed by atoms with Crippen LogP contribution in [0.1, 0.15) is 34.6 Å². The zero-order valence-electron chi connectivity index (χ0n) is 23.0. The Kier molecular flexibility index (Phi) is 8.50. The van der Waals surface area contributed by atoms with Crippen LogP contribution in [0.2, 0.25) is 0 Å². The van der Waals surface area contributed by atoms with Crippen LogP contribution in [0.5, 0.6) is 0 Å². The number of fused-ring (bicyclic) bond motifs is 2. The molecule has 4 amide bonds. The number of hydrogen-bond donors (Lipinski definition) is 0. The number of carboxylic acids is 2. The van der Waals surface area contributed by atoms with E-state index in [2.05, 4.69) is 0 Å². The maximum absolute atomic E-state index is 12.1. The minimum atomic E-state index is -1.30. The molecule has 0 spiro atoms. The van der Waals surface area contributed by atoms with Gasteiger partial charge in [-0.15, -0.1) is 0 Å². The summed E-state index contributed by atoms with van der Waals surface area (Å²) in [5, 5.41) is 24.2. The standard InChI is InChI=1S/2C16H11NO4.Zn/c2*1-9-8-14(18)17(15(9)19)13-7-6-12(16(20)21)10-4-2-3-5-11(10)13;/h2*2-8H,1H3,(H,20,21);/q;;+2/p-2. The smallest absolute Gasteiger partial charge is 0.545 e. The van der Waals surface area contributed by atoms with Gasteiger partial charge in [0.05, 0.1) is 23.3 Å². The van der Waals surface area contributed by atoms with Crippen LogP contribution in [0.15, 0.2) is 96.1 Å². The van der Waals surface area contributed by atoms with Crippen LogP contribution in [0.25, 0.3) is 21.5 Å². The summed E-state index contributed by atoms with van der Waals surface area (Å²) in [5.41, 5.74) is 1.51. The molecular formula is C32H20N2O8Zn. The van der Waals surface area contributed by atoms with Crippen molar-refractivity contribution < 1.29 is 58.5 Å². The summed E-state index contributed by atoms with van der Waals surface area (Å²) < 4.78 is 0. The first-order valence-corrected chi connectivity index (χ1v) is 12.6. The van der Waals surface area contributed by atoms with E-state index in [0.29, 0.717) is 44.1 Å². The third kappa shape index (κ3) is 5.38. The van der Waals surface area contributed by atoms with Gasteiger partial charge in [0.1, 0.15) is 0 Å². The fourth-order valence-corrected chi connectivity index (χ4v) is 4.94. The molecule has 0 aliphatic carbocycles. The van der Waals surface area contributed by atoms with E-state index in [4.69, 9.17) is 0 Å². The number of nitrogens with zero attached hydrogens (tertiary/aromatic N) is 2. The van der Waals surface area contributed by atoms with Crippen molar-refractivity contribution in [3.05, 3.63) is 107 Å². The maximum atomic E-state index is 12.1. The van der Waals surface area contributed by atoms with Crippen LogP contribution in [0, 0.1) is 0 Å². The van der Waals surface area contributed by atoms with Crippen molar-refractivity contribution in [3.63, 3.8) is 0 Å². The largest absolute Gasteiger partial charge is 2.00 e. The molecule has 4 aromatic rings. The summed E-state index contributed by atoms with van der Waals surface area (Å²) >= 11 is 0. The van der Waals surface area contributed by atoms with Crippen molar-refractivity contribution in [3.8, 4) is 0 Å². The van der Waals surface area contributed by atoms with Crippen molar-refractivity contribution in [2.75, 3.05) is 9.80 Å². The van der Waals surface area contributed by atoms with Crippen LogP contribution in [0.4, 0.5) is 11.4 Å². The van der Waals surface area contributed by atoms with Crippen LogP contribution in [0.3, 0.4) is 0 Å². The molecule has 0 aromatic heterocycles. The average Bonchev–Trinajstić information content (AvgIpc) is 3.37. The van der Waals surface area contributed by atoms with Gasteiger partial charge in [0.15, 0.2) is 0 Å². The molecule has 0 atom stereocenters. The Morgan fingerprint density at radius 1 is 0.535 bits per heavy atom. The monoisotopic (exact) mass is 624 g/mol. The molecule has 208 valence electrons. The third-order valence-electron chi connectivity index (χ3n) is 6.93. The minimum Gasteiger partial charge on any atom is -0.545 e. The fraction of sp³-hybridized carbons (Fsp3) is 0.0625. The Morgan fingerprint density at radius 3 is 1.14 bits per heavy atom. The predicted molar refractivity (Wildman–Crippen MR) is 149 cm³/mol. The summed E-state index contributed by atoms with van der Waals surface area (Å²) in [6, 6.07) is 19.0.